The van der Waals surface area contributed by atoms with Gasteiger partial charge in [-0.15, -0.1) is 0 Å². The molecule has 0 heterocycles. The number of hydrogen-bond acceptors (Lipinski definition) is 5. The van der Waals surface area contributed by atoms with Gasteiger partial charge in [-0.05, 0) is 25.5 Å². The van der Waals surface area contributed by atoms with E-state index in [1.165, 1.54) is 6.92 Å². The second-order valence-electron chi connectivity index (χ2n) is 2.36. The van der Waals surface area contributed by atoms with E-state index >= 15 is 0 Å². The Bertz CT molecular complexity index is 225. The Hall–Kier alpha value is -1.65. The lowest BCUT2D eigenvalue weighted by molar-refractivity contribution is -0.302. The first kappa shape index (κ1) is 14.9. The lowest BCUT2D eigenvalue weighted by Gasteiger charge is -1.94. The van der Waals surface area contributed by atoms with Crippen LogP contribution in [0.5, 0.6) is 0 Å². The molecule has 14 heavy (non-hydrogen) atoms. The third-order valence-corrected chi connectivity index (χ3v) is 0.878. The van der Waals surface area contributed by atoms with Gasteiger partial charge in [0.05, 0.1) is 0 Å². The van der Waals surface area contributed by atoms with Gasteiger partial charge in [-0.2, -0.15) is 0 Å². The highest BCUT2D eigenvalue weighted by Gasteiger charge is 1.88. The fourth-order valence-corrected chi connectivity index (χ4v) is 0.339. The van der Waals surface area contributed by atoms with Gasteiger partial charge < -0.3 is 14.6 Å². The first-order chi connectivity index (χ1) is 6.40. The number of esters is 1. The minimum absolute atomic E-state index is 0.180. The van der Waals surface area contributed by atoms with Crippen molar-refractivity contribution >= 4 is 18.2 Å². The number of hydrogen-bond donors (Lipinski definition) is 0. The Kier molecular flexibility index (Phi) is 10.0. The van der Waals surface area contributed by atoms with Gasteiger partial charge in [0.15, 0.2) is 0 Å². The van der Waals surface area contributed by atoms with Crippen LogP contribution in [-0.2, 0) is 19.1 Å². The van der Waals surface area contributed by atoms with Crippen molar-refractivity contribution < 1.29 is 24.2 Å². The smallest absolute Gasteiger partial charge is 0.302 e. The molecule has 0 spiro atoms. The number of carbonyl (C=O) groups is 3. The third-order valence-electron chi connectivity index (χ3n) is 0.878. The molecule has 0 aliphatic rings. The van der Waals surface area contributed by atoms with E-state index in [4.69, 9.17) is 9.90 Å². The number of carboxylic acids is 1. The van der Waals surface area contributed by atoms with Crippen molar-refractivity contribution in [2.24, 2.45) is 0 Å². The van der Waals surface area contributed by atoms with Crippen molar-refractivity contribution in [2.45, 2.75) is 20.8 Å². The van der Waals surface area contributed by atoms with Crippen LogP contribution in [0.1, 0.15) is 20.8 Å². The maximum atomic E-state index is 10.2. The van der Waals surface area contributed by atoms with E-state index in [0.717, 1.165) is 6.92 Å². The number of carbonyl (C=O) groups excluding carboxylic acids is 3. The van der Waals surface area contributed by atoms with E-state index in [1.807, 2.05) is 0 Å². The molecule has 0 aromatic heterocycles. The molecule has 0 aromatic carbocycles. The zero-order valence-corrected chi connectivity index (χ0v) is 8.40. The van der Waals surface area contributed by atoms with Crippen LogP contribution < -0.4 is 5.11 Å². The van der Waals surface area contributed by atoms with Crippen molar-refractivity contribution in [1.29, 1.82) is 0 Å². The summed E-state index contributed by atoms with van der Waals surface area (Å²) in [4.78, 5) is 29.0. The predicted octanol–water partition coefficient (Wildman–Crippen LogP) is -0.549. The molecule has 0 rings (SSSR count). The van der Waals surface area contributed by atoms with Crippen LogP contribution in [0.15, 0.2) is 11.6 Å². The predicted molar refractivity (Wildman–Crippen MR) is 47.1 cm³/mol. The summed E-state index contributed by atoms with van der Waals surface area (Å²) in [5.41, 5.74) is 0.571. The van der Waals surface area contributed by atoms with E-state index in [2.05, 4.69) is 4.74 Å². The summed E-state index contributed by atoms with van der Waals surface area (Å²) in [6.45, 7) is 4.13. The van der Waals surface area contributed by atoms with Crippen LogP contribution in [0.2, 0.25) is 0 Å². The first-order valence-electron chi connectivity index (χ1n) is 3.83. The van der Waals surface area contributed by atoms with E-state index in [-0.39, 0.29) is 12.6 Å². The molecular formula is C9H13O5-. The maximum Gasteiger partial charge on any atom is 0.302 e. The number of aldehydes is 1. The average molecular weight is 201 g/mol. The molecule has 0 bridgehead atoms. The third kappa shape index (κ3) is 22.4. The Morgan fingerprint density at radius 3 is 2.00 bits per heavy atom. The Morgan fingerprint density at radius 1 is 1.29 bits per heavy atom. The molecule has 5 heteroatoms. The molecule has 0 N–H and O–H groups in total. The second kappa shape index (κ2) is 9.44. The maximum absolute atomic E-state index is 10.2. The molecule has 0 atom stereocenters. The van der Waals surface area contributed by atoms with E-state index < -0.39 is 5.97 Å². The summed E-state index contributed by atoms with van der Waals surface area (Å²) >= 11 is 0. The SMILES string of the molecule is CC(=O)OC/C=C(\C)C=O.CC(=O)[O-]. The summed E-state index contributed by atoms with van der Waals surface area (Å²) < 4.78 is 4.54. The van der Waals surface area contributed by atoms with Gasteiger partial charge in [-0.25, -0.2) is 0 Å². The Morgan fingerprint density at radius 2 is 1.71 bits per heavy atom. The molecule has 0 aromatic rings. The molecule has 0 aliphatic heterocycles. The zero-order valence-electron chi connectivity index (χ0n) is 8.40. The van der Waals surface area contributed by atoms with Crippen molar-refractivity contribution in [3.8, 4) is 0 Å². The van der Waals surface area contributed by atoms with Gasteiger partial charge in [0.25, 0.3) is 0 Å². The van der Waals surface area contributed by atoms with Gasteiger partial charge in [0, 0.05) is 12.9 Å². The van der Waals surface area contributed by atoms with Gasteiger partial charge in [0.1, 0.15) is 12.9 Å². The quantitative estimate of drug-likeness (QED) is 0.347. The number of aliphatic carboxylic acids is 1. The summed E-state index contributed by atoms with van der Waals surface area (Å²) in [6.07, 6.45) is 2.26. The van der Waals surface area contributed by atoms with E-state index in [1.54, 1.807) is 13.0 Å². The summed E-state index contributed by atoms with van der Waals surface area (Å²) in [5.74, 6) is -1.42. The lowest BCUT2D eigenvalue weighted by Crippen LogP contribution is -2.16. The molecule has 0 radical (unpaired) electrons. The van der Waals surface area contributed by atoms with Crippen LogP contribution in [0.4, 0.5) is 0 Å². The van der Waals surface area contributed by atoms with E-state index in [0.29, 0.717) is 11.9 Å². The molecule has 0 amide bonds. The highest BCUT2D eigenvalue weighted by molar-refractivity contribution is 5.72. The zero-order chi connectivity index (χ0) is 11.6. The van der Waals surface area contributed by atoms with E-state index in [9.17, 15) is 9.59 Å². The highest BCUT2D eigenvalue weighted by atomic mass is 16.5. The minimum atomic E-state index is -1.08. The van der Waals surface area contributed by atoms with Gasteiger partial charge in [-0.1, -0.05) is 0 Å². The Balaban J connectivity index is 0. The largest absolute Gasteiger partial charge is 0.550 e. The number of allylic oxidation sites excluding steroid dienone is 1. The molecular weight excluding hydrogens is 188 g/mol. The molecule has 0 saturated heterocycles. The fraction of sp³-hybridized carbons (Fsp3) is 0.444. The van der Waals surface area contributed by atoms with Crippen LogP contribution >= 0.6 is 0 Å². The monoisotopic (exact) mass is 201 g/mol. The Labute approximate surface area is 82.4 Å². The fourth-order valence-electron chi connectivity index (χ4n) is 0.339. The molecule has 80 valence electrons. The van der Waals surface area contributed by atoms with Crippen molar-refractivity contribution in [3.05, 3.63) is 11.6 Å². The summed E-state index contributed by atoms with van der Waals surface area (Å²) in [5, 5.41) is 8.89. The standard InChI is InChI=1S/C7H10O3.C2H4O2/c1-6(5-8)3-4-10-7(2)9;1-2(3)4/h3,5H,4H2,1-2H3;1H3,(H,3,4)/p-1/b6-3+;. The normalized spacial score (nSPS) is 9.50. The summed E-state index contributed by atoms with van der Waals surface area (Å²) in [7, 11) is 0. The van der Waals surface area contributed by atoms with Crippen molar-refractivity contribution in [1.82, 2.24) is 0 Å². The average Bonchev–Trinajstić information content (AvgIpc) is 2.02. The first-order valence-corrected chi connectivity index (χ1v) is 3.83. The molecule has 0 fully saturated rings. The summed E-state index contributed by atoms with van der Waals surface area (Å²) in [6, 6.07) is 0. The van der Waals surface area contributed by atoms with Gasteiger partial charge in [0.2, 0.25) is 0 Å². The number of ether oxygens (including phenoxy) is 1. The topological polar surface area (TPSA) is 83.5 Å². The van der Waals surface area contributed by atoms with Crippen molar-refractivity contribution in [3.63, 3.8) is 0 Å². The number of rotatable bonds is 3. The van der Waals surface area contributed by atoms with Gasteiger partial charge >= 0.3 is 5.97 Å². The van der Waals surface area contributed by atoms with Crippen LogP contribution in [0.25, 0.3) is 0 Å². The van der Waals surface area contributed by atoms with Crippen LogP contribution in [-0.4, -0.2) is 24.8 Å². The molecule has 5 nitrogen and oxygen atoms in total. The highest BCUT2D eigenvalue weighted by Crippen LogP contribution is 1.86. The molecule has 0 unspecified atom stereocenters. The van der Waals surface area contributed by atoms with Crippen LogP contribution in [0.3, 0.4) is 0 Å². The molecule has 0 aliphatic carbocycles. The molecule has 0 saturated carbocycles. The van der Waals surface area contributed by atoms with Crippen molar-refractivity contribution in [2.75, 3.05) is 6.61 Å². The lowest BCUT2D eigenvalue weighted by atomic mass is 10.3. The van der Waals surface area contributed by atoms with Crippen LogP contribution in [0, 0.1) is 0 Å². The second-order valence-corrected chi connectivity index (χ2v) is 2.36. The number of carboxylic acid groups (broad SMARTS) is 1. The minimum Gasteiger partial charge on any atom is -0.550 e. The van der Waals surface area contributed by atoms with Gasteiger partial charge in [-0.3, -0.25) is 9.59 Å².